The SMILES string of the molecule is CC(=O)N1CCC[C@H](c2[nH]ccc2C(=O)NCc2cc(C)nn2C)C1. The van der Waals surface area contributed by atoms with Crippen molar-refractivity contribution in [3.63, 3.8) is 0 Å². The Balaban J connectivity index is 1.69. The topological polar surface area (TPSA) is 83.0 Å². The molecule has 0 saturated carbocycles. The summed E-state index contributed by atoms with van der Waals surface area (Å²) in [7, 11) is 1.87. The quantitative estimate of drug-likeness (QED) is 0.886. The number of H-pyrrole nitrogens is 1. The van der Waals surface area contributed by atoms with E-state index in [0.29, 0.717) is 18.7 Å². The molecule has 0 bridgehead atoms. The highest BCUT2D eigenvalue weighted by Gasteiger charge is 2.27. The van der Waals surface area contributed by atoms with E-state index in [1.807, 2.05) is 31.0 Å². The number of hydrogen-bond acceptors (Lipinski definition) is 3. The molecule has 0 aliphatic carbocycles. The minimum atomic E-state index is -0.102. The van der Waals surface area contributed by atoms with Gasteiger partial charge in [0.05, 0.1) is 23.5 Å². The molecule has 0 aromatic carbocycles. The summed E-state index contributed by atoms with van der Waals surface area (Å²) in [5.41, 5.74) is 3.47. The van der Waals surface area contributed by atoms with Crippen LogP contribution in [0.2, 0.25) is 0 Å². The van der Waals surface area contributed by atoms with E-state index in [-0.39, 0.29) is 17.7 Å². The second kappa shape index (κ2) is 7.13. The first kappa shape index (κ1) is 17.3. The first-order valence-electron chi connectivity index (χ1n) is 8.66. The van der Waals surface area contributed by atoms with Gasteiger partial charge >= 0.3 is 0 Å². The molecule has 0 unspecified atom stereocenters. The van der Waals surface area contributed by atoms with Gasteiger partial charge in [0.25, 0.3) is 5.91 Å². The fourth-order valence-electron chi connectivity index (χ4n) is 3.51. The molecule has 3 rings (SSSR count). The fourth-order valence-corrected chi connectivity index (χ4v) is 3.51. The van der Waals surface area contributed by atoms with Crippen molar-refractivity contribution in [1.29, 1.82) is 0 Å². The van der Waals surface area contributed by atoms with E-state index in [2.05, 4.69) is 15.4 Å². The maximum absolute atomic E-state index is 12.6. The van der Waals surface area contributed by atoms with Crippen LogP contribution < -0.4 is 5.32 Å². The monoisotopic (exact) mass is 343 g/mol. The second-order valence-corrected chi connectivity index (χ2v) is 6.69. The summed E-state index contributed by atoms with van der Waals surface area (Å²) >= 11 is 0. The molecule has 7 nitrogen and oxygen atoms in total. The molecule has 25 heavy (non-hydrogen) atoms. The molecule has 7 heteroatoms. The molecule has 134 valence electrons. The Morgan fingerprint density at radius 2 is 2.24 bits per heavy atom. The van der Waals surface area contributed by atoms with Gasteiger partial charge in [-0.1, -0.05) is 0 Å². The van der Waals surface area contributed by atoms with E-state index in [4.69, 9.17) is 0 Å². The lowest BCUT2D eigenvalue weighted by Gasteiger charge is -2.32. The molecule has 3 heterocycles. The lowest BCUT2D eigenvalue weighted by Crippen LogP contribution is -2.38. The number of rotatable bonds is 4. The zero-order chi connectivity index (χ0) is 18.0. The molecule has 1 fully saturated rings. The number of nitrogens with one attached hydrogen (secondary N) is 2. The van der Waals surface area contributed by atoms with Crippen LogP contribution in [0.3, 0.4) is 0 Å². The van der Waals surface area contributed by atoms with Crippen LogP contribution in [0.4, 0.5) is 0 Å². The Hall–Kier alpha value is -2.57. The van der Waals surface area contributed by atoms with Gasteiger partial charge in [-0.3, -0.25) is 14.3 Å². The molecule has 2 amide bonds. The van der Waals surface area contributed by atoms with Crippen molar-refractivity contribution in [1.82, 2.24) is 25.0 Å². The number of amides is 2. The van der Waals surface area contributed by atoms with Crippen molar-refractivity contribution >= 4 is 11.8 Å². The maximum atomic E-state index is 12.6. The molecule has 2 aromatic rings. The van der Waals surface area contributed by atoms with E-state index in [0.717, 1.165) is 36.5 Å². The van der Waals surface area contributed by atoms with Crippen molar-refractivity contribution in [2.75, 3.05) is 13.1 Å². The number of likely N-dealkylation sites (tertiary alicyclic amines) is 1. The summed E-state index contributed by atoms with van der Waals surface area (Å²) in [6, 6.07) is 3.77. The number of carbonyl (C=O) groups is 2. The molecule has 1 aliphatic heterocycles. The predicted molar refractivity (Wildman–Crippen MR) is 94.1 cm³/mol. The van der Waals surface area contributed by atoms with Crippen molar-refractivity contribution < 1.29 is 9.59 Å². The number of aromatic amines is 1. The van der Waals surface area contributed by atoms with E-state index >= 15 is 0 Å². The largest absolute Gasteiger partial charge is 0.364 e. The van der Waals surface area contributed by atoms with Gasteiger partial charge in [-0.25, -0.2) is 0 Å². The number of piperidine rings is 1. The molecule has 2 N–H and O–H groups in total. The minimum absolute atomic E-state index is 0.0915. The van der Waals surface area contributed by atoms with Crippen LogP contribution in [0.25, 0.3) is 0 Å². The third-order valence-electron chi connectivity index (χ3n) is 4.83. The zero-order valence-corrected chi connectivity index (χ0v) is 15.0. The van der Waals surface area contributed by atoms with Gasteiger partial charge in [-0.15, -0.1) is 0 Å². The molecule has 1 saturated heterocycles. The molecular weight excluding hydrogens is 318 g/mol. The number of hydrogen-bond donors (Lipinski definition) is 2. The summed E-state index contributed by atoms with van der Waals surface area (Å²) < 4.78 is 1.78. The molecular formula is C18H25N5O2. The van der Waals surface area contributed by atoms with Crippen molar-refractivity contribution in [2.45, 2.75) is 39.2 Å². The van der Waals surface area contributed by atoms with Gasteiger partial charge in [0.2, 0.25) is 5.91 Å². The van der Waals surface area contributed by atoms with Gasteiger partial charge in [-0.2, -0.15) is 5.10 Å². The molecule has 1 aliphatic rings. The first-order valence-corrected chi connectivity index (χ1v) is 8.66. The van der Waals surface area contributed by atoms with Crippen molar-refractivity contribution in [2.24, 2.45) is 7.05 Å². The van der Waals surface area contributed by atoms with Crippen LogP contribution in [0.1, 0.15) is 53.1 Å². The van der Waals surface area contributed by atoms with Crippen molar-refractivity contribution in [3.8, 4) is 0 Å². The third-order valence-corrected chi connectivity index (χ3v) is 4.83. The van der Waals surface area contributed by atoms with Gasteiger partial charge < -0.3 is 15.2 Å². The van der Waals surface area contributed by atoms with Crippen LogP contribution in [-0.4, -0.2) is 44.6 Å². The summed E-state index contributed by atoms with van der Waals surface area (Å²) in [5.74, 6) is 0.163. The Morgan fingerprint density at radius 1 is 1.44 bits per heavy atom. The van der Waals surface area contributed by atoms with E-state index in [9.17, 15) is 9.59 Å². The molecule has 1 atom stereocenters. The minimum Gasteiger partial charge on any atom is -0.364 e. The highest BCUT2D eigenvalue weighted by molar-refractivity contribution is 5.95. The standard InChI is InChI=1S/C18H25N5O2/c1-12-9-15(22(3)21-12)10-20-18(25)16-6-7-19-17(16)14-5-4-8-23(11-14)13(2)24/h6-7,9,14,19H,4-5,8,10-11H2,1-3H3,(H,20,25)/t14-/m0/s1. The number of nitrogens with zero attached hydrogens (tertiary/aromatic N) is 3. The summed E-state index contributed by atoms with van der Waals surface area (Å²) in [6.07, 6.45) is 3.73. The lowest BCUT2D eigenvalue weighted by atomic mass is 9.92. The number of aryl methyl sites for hydroxylation is 2. The predicted octanol–water partition coefficient (Wildman–Crippen LogP) is 1.71. The summed E-state index contributed by atoms with van der Waals surface area (Å²) in [6.45, 7) is 5.43. The second-order valence-electron chi connectivity index (χ2n) is 6.69. The van der Waals surface area contributed by atoms with E-state index < -0.39 is 0 Å². The number of carbonyl (C=O) groups excluding carboxylic acids is 2. The van der Waals surface area contributed by atoms with Crippen LogP contribution >= 0.6 is 0 Å². The van der Waals surface area contributed by atoms with Gasteiger partial charge in [0, 0.05) is 44.9 Å². The first-order chi connectivity index (χ1) is 12.0. The molecule has 0 spiro atoms. The Morgan fingerprint density at radius 3 is 2.92 bits per heavy atom. The zero-order valence-electron chi connectivity index (χ0n) is 15.0. The fraction of sp³-hybridized carbons (Fsp3) is 0.500. The molecule has 2 aromatic heterocycles. The average Bonchev–Trinajstić information content (AvgIpc) is 3.19. The Bertz CT molecular complexity index is 776. The van der Waals surface area contributed by atoms with Crippen molar-refractivity contribution in [3.05, 3.63) is 41.0 Å². The normalized spacial score (nSPS) is 17.6. The lowest BCUT2D eigenvalue weighted by molar-refractivity contribution is -0.130. The summed E-state index contributed by atoms with van der Waals surface area (Å²) in [4.78, 5) is 29.4. The highest BCUT2D eigenvalue weighted by atomic mass is 16.2. The van der Waals surface area contributed by atoms with E-state index in [1.165, 1.54) is 0 Å². The summed E-state index contributed by atoms with van der Waals surface area (Å²) in [5, 5.41) is 7.26. The van der Waals surface area contributed by atoms with Gasteiger partial charge in [0.15, 0.2) is 0 Å². The Kier molecular flexibility index (Phi) is 4.92. The van der Waals surface area contributed by atoms with Crippen LogP contribution in [0.5, 0.6) is 0 Å². The Labute approximate surface area is 147 Å². The maximum Gasteiger partial charge on any atom is 0.253 e. The van der Waals surface area contributed by atoms with Crippen LogP contribution in [0, 0.1) is 6.92 Å². The smallest absolute Gasteiger partial charge is 0.253 e. The van der Waals surface area contributed by atoms with Gasteiger partial charge in [0.1, 0.15) is 0 Å². The van der Waals surface area contributed by atoms with Crippen LogP contribution in [-0.2, 0) is 18.4 Å². The van der Waals surface area contributed by atoms with Crippen LogP contribution in [0.15, 0.2) is 18.3 Å². The number of aromatic nitrogens is 3. The van der Waals surface area contributed by atoms with Gasteiger partial charge in [-0.05, 0) is 31.9 Å². The molecule has 0 radical (unpaired) electrons. The van der Waals surface area contributed by atoms with E-state index in [1.54, 1.807) is 17.8 Å². The third kappa shape index (κ3) is 3.75. The average molecular weight is 343 g/mol. The highest BCUT2D eigenvalue weighted by Crippen LogP contribution is 2.28.